The highest BCUT2D eigenvalue weighted by atomic mass is 79.9. The van der Waals surface area contributed by atoms with Gasteiger partial charge in [0.1, 0.15) is 0 Å². The number of halogens is 3. The molecule has 21 heavy (non-hydrogen) atoms. The van der Waals surface area contributed by atoms with Gasteiger partial charge < -0.3 is 0 Å². The van der Waals surface area contributed by atoms with Crippen LogP contribution in [0.25, 0.3) is 0 Å². The molecule has 0 heterocycles. The van der Waals surface area contributed by atoms with Crippen molar-refractivity contribution >= 4 is 39.1 Å². The molecule has 2 aromatic carbocycles. The molecule has 0 amide bonds. The van der Waals surface area contributed by atoms with E-state index >= 15 is 0 Å². The van der Waals surface area contributed by atoms with Crippen LogP contribution in [0.1, 0.15) is 43.8 Å². The summed E-state index contributed by atoms with van der Waals surface area (Å²) in [6.07, 6.45) is 0. The SMILES string of the molecule is Cc1c(C)c(C)c(C(Br)c2cc(Cl)ccc2Cl)c(C)c1C. The Kier molecular flexibility index (Phi) is 5.07. The standard InChI is InChI=1S/C18H19BrCl2/c1-9-10(2)12(4)17(13(5)11(9)3)18(19)15-8-14(20)6-7-16(15)21/h6-8,18H,1-5H3. The summed E-state index contributed by atoms with van der Waals surface area (Å²) >= 11 is 16.3. The van der Waals surface area contributed by atoms with Crippen LogP contribution >= 0.6 is 39.1 Å². The first-order valence-electron chi connectivity index (χ1n) is 6.91. The molecule has 0 aliphatic carbocycles. The average molecular weight is 386 g/mol. The second kappa shape index (κ2) is 6.32. The molecule has 3 heteroatoms. The molecule has 0 radical (unpaired) electrons. The molecule has 0 nitrogen and oxygen atoms in total. The van der Waals surface area contributed by atoms with Gasteiger partial charge >= 0.3 is 0 Å². The molecule has 1 unspecified atom stereocenters. The lowest BCUT2D eigenvalue weighted by Gasteiger charge is -2.23. The van der Waals surface area contributed by atoms with E-state index in [0.29, 0.717) is 5.02 Å². The molecule has 0 spiro atoms. The molecule has 0 aliphatic rings. The van der Waals surface area contributed by atoms with Crippen LogP contribution in [0.4, 0.5) is 0 Å². The fraction of sp³-hybridized carbons (Fsp3) is 0.333. The third-order valence-electron chi connectivity index (χ3n) is 4.54. The van der Waals surface area contributed by atoms with Crippen molar-refractivity contribution in [3.05, 3.63) is 67.2 Å². The van der Waals surface area contributed by atoms with Gasteiger partial charge in [-0.1, -0.05) is 39.1 Å². The van der Waals surface area contributed by atoms with Crippen LogP contribution in [0, 0.1) is 34.6 Å². The van der Waals surface area contributed by atoms with Crippen molar-refractivity contribution in [2.24, 2.45) is 0 Å². The maximum Gasteiger partial charge on any atom is 0.0665 e. The number of benzene rings is 2. The van der Waals surface area contributed by atoms with Crippen molar-refractivity contribution in [2.45, 2.75) is 39.4 Å². The highest BCUT2D eigenvalue weighted by Crippen LogP contribution is 2.41. The highest BCUT2D eigenvalue weighted by Gasteiger charge is 2.21. The minimum absolute atomic E-state index is 0.0432. The van der Waals surface area contributed by atoms with Gasteiger partial charge in [0.25, 0.3) is 0 Å². The minimum atomic E-state index is 0.0432. The van der Waals surface area contributed by atoms with Crippen molar-refractivity contribution in [3.8, 4) is 0 Å². The molecule has 0 N–H and O–H groups in total. The van der Waals surface area contributed by atoms with Gasteiger partial charge in [-0.05, 0) is 91.8 Å². The smallest absolute Gasteiger partial charge is 0.0665 e. The summed E-state index contributed by atoms with van der Waals surface area (Å²) in [5.74, 6) is 0. The maximum absolute atomic E-state index is 6.37. The Balaban J connectivity index is 2.69. The molecule has 0 bridgehead atoms. The van der Waals surface area contributed by atoms with Crippen LogP contribution in [-0.2, 0) is 0 Å². The monoisotopic (exact) mass is 384 g/mol. The van der Waals surface area contributed by atoms with E-state index in [-0.39, 0.29) is 4.83 Å². The largest absolute Gasteiger partial charge is 0.0843 e. The van der Waals surface area contributed by atoms with Gasteiger partial charge in [-0.3, -0.25) is 0 Å². The Hall–Kier alpha value is -0.500. The zero-order valence-corrected chi connectivity index (χ0v) is 16.0. The van der Waals surface area contributed by atoms with Crippen molar-refractivity contribution < 1.29 is 0 Å². The van der Waals surface area contributed by atoms with Crippen LogP contribution in [0.2, 0.25) is 10.0 Å². The van der Waals surface area contributed by atoms with Crippen LogP contribution in [0.15, 0.2) is 18.2 Å². The summed E-state index contributed by atoms with van der Waals surface area (Å²) in [6, 6.07) is 5.61. The Morgan fingerprint density at radius 2 is 1.29 bits per heavy atom. The van der Waals surface area contributed by atoms with E-state index in [1.54, 1.807) is 0 Å². The van der Waals surface area contributed by atoms with Crippen LogP contribution in [0.3, 0.4) is 0 Å². The zero-order valence-electron chi connectivity index (χ0n) is 12.9. The molecule has 0 aliphatic heterocycles. The van der Waals surface area contributed by atoms with Gasteiger partial charge in [0.15, 0.2) is 0 Å². The number of hydrogen-bond donors (Lipinski definition) is 0. The average Bonchev–Trinajstić information content (AvgIpc) is 2.45. The predicted molar refractivity (Wildman–Crippen MR) is 97.4 cm³/mol. The normalized spacial score (nSPS) is 12.6. The lowest BCUT2D eigenvalue weighted by atomic mass is 9.87. The maximum atomic E-state index is 6.37. The fourth-order valence-corrected chi connectivity index (χ4v) is 4.38. The van der Waals surface area contributed by atoms with E-state index in [4.69, 9.17) is 23.2 Å². The summed E-state index contributed by atoms with van der Waals surface area (Å²) in [4.78, 5) is 0.0432. The second-order valence-electron chi connectivity index (χ2n) is 5.57. The van der Waals surface area contributed by atoms with Gasteiger partial charge in [0.2, 0.25) is 0 Å². The lowest BCUT2D eigenvalue weighted by Crippen LogP contribution is -2.06. The Bertz CT molecular complexity index is 676. The molecule has 0 aromatic heterocycles. The predicted octanol–water partition coefficient (Wildman–Crippen LogP) is 7.02. The summed E-state index contributed by atoms with van der Waals surface area (Å²) in [7, 11) is 0. The second-order valence-corrected chi connectivity index (χ2v) is 7.33. The Labute approximate surface area is 145 Å². The topological polar surface area (TPSA) is 0 Å². The van der Waals surface area contributed by atoms with Crippen LogP contribution in [0.5, 0.6) is 0 Å². The summed E-state index contributed by atoms with van der Waals surface area (Å²) in [5.41, 5.74) is 8.98. The first-order valence-corrected chi connectivity index (χ1v) is 8.58. The third kappa shape index (κ3) is 3.02. The molecule has 0 saturated heterocycles. The first kappa shape index (κ1) is 16.9. The molecular formula is C18H19BrCl2. The van der Waals surface area contributed by atoms with Gasteiger partial charge in [0, 0.05) is 10.0 Å². The lowest BCUT2D eigenvalue weighted by molar-refractivity contribution is 1.06. The highest BCUT2D eigenvalue weighted by molar-refractivity contribution is 9.09. The minimum Gasteiger partial charge on any atom is -0.0843 e. The van der Waals surface area contributed by atoms with Crippen molar-refractivity contribution in [3.63, 3.8) is 0 Å². The van der Waals surface area contributed by atoms with E-state index in [1.165, 1.54) is 33.4 Å². The summed E-state index contributed by atoms with van der Waals surface area (Å²) in [5, 5.41) is 1.44. The zero-order chi connectivity index (χ0) is 15.9. The van der Waals surface area contributed by atoms with Gasteiger partial charge in [-0.25, -0.2) is 0 Å². The molecule has 1 atom stereocenters. The van der Waals surface area contributed by atoms with E-state index < -0.39 is 0 Å². The van der Waals surface area contributed by atoms with Gasteiger partial charge in [-0.15, -0.1) is 0 Å². The van der Waals surface area contributed by atoms with E-state index in [2.05, 4.69) is 50.5 Å². The van der Waals surface area contributed by atoms with Crippen molar-refractivity contribution in [1.82, 2.24) is 0 Å². The van der Waals surface area contributed by atoms with E-state index in [9.17, 15) is 0 Å². The molecule has 2 rings (SSSR count). The van der Waals surface area contributed by atoms with Gasteiger partial charge in [0.05, 0.1) is 4.83 Å². The Morgan fingerprint density at radius 1 is 0.810 bits per heavy atom. The molecular weight excluding hydrogens is 367 g/mol. The quantitative estimate of drug-likeness (QED) is 0.487. The third-order valence-corrected chi connectivity index (χ3v) is 6.07. The molecule has 0 saturated carbocycles. The summed E-state index contributed by atoms with van der Waals surface area (Å²) < 4.78 is 0. The molecule has 0 fully saturated rings. The number of rotatable bonds is 2. The van der Waals surface area contributed by atoms with Crippen molar-refractivity contribution in [2.75, 3.05) is 0 Å². The Morgan fingerprint density at radius 3 is 1.81 bits per heavy atom. The van der Waals surface area contributed by atoms with Crippen LogP contribution in [-0.4, -0.2) is 0 Å². The number of hydrogen-bond acceptors (Lipinski definition) is 0. The molecule has 112 valence electrons. The van der Waals surface area contributed by atoms with Gasteiger partial charge in [-0.2, -0.15) is 0 Å². The number of alkyl halides is 1. The van der Waals surface area contributed by atoms with Crippen LogP contribution < -0.4 is 0 Å². The van der Waals surface area contributed by atoms with Crippen molar-refractivity contribution in [1.29, 1.82) is 0 Å². The van der Waals surface area contributed by atoms with E-state index in [0.717, 1.165) is 10.6 Å². The molecule has 2 aromatic rings. The fourth-order valence-electron chi connectivity index (χ4n) is 2.77. The summed E-state index contributed by atoms with van der Waals surface area (Å²) in [6.45, 7) is 10.9. The van der Waals surface area contributed by atoms with E-state index in [1.807, 2.05) is 18.2 Å². The first-order chi connectivity index (χ1) is 9.75.